The first-order valence-corrected chi connectivity index (χ1v) is 7.33. The molecule has 0 spiro atoms. The average molecular weight is 291 g/mol. The molecule has 0 aliphatic carbocycles. The highest BCUT2D eigenvalue weighted by molar-refractivity contribution is 7.17. The molecular formula is C15H17NO3S. The number of aliphatic carboxylic acids is 1. The van der Waals surface area contributed by atoms with Crippen molar-refractivity contribution in [1.82, 2.24) is 4.90 Å². The van der Waals surface area contributed by atoms with E-state index in [9.17, 15) is 9.59 Å². The minimum atomic E-state index is -0.984. The van der Waals surface area contributed by atoms with Gasteiger partial charge >= 0.3 is 5.97 Å². The van der Waals surface area contributed by atoms with Gasteiger partial charge in [-0.3, -0.25) is 9.59 Å². The van der Waals surface area contributed by atoms with Crippen molar-refractivity contribution < 1.29 is 14.7 Å². The van der Waals surface area contributed by atoms with Gasteiger partial charge in [0.15, 0.2) is 0 Å². The highest BCUT2D eigenvalue weighted by Crippen LogP contribution is 2.26. The second-order valence-electron chi connectivity index (χ2n) is 4.94. The molecule has 1 N–H and O–H groups in total. The quantitative estimate of drug-likeness (QED) is 0.921. The molecule has 2 rings (SSSR count). The van der Waals surface area contributed by atoms with Crippen molar-refractivity contribution >= 4 is 33.3 Å². The van der Waals surface area contributed by atoms with Gasteiger partial charge in [0.25, 0.3) is 0 Å². The molecule has 1 aromatic carbocycles. The normalized spacial score (nSPS) is 10.9. The first-order valence-electron chi connectivity index (χ1n) is 6.45. The number of rotatable bonds is 5. The molecule has 106 valence electrons. The maximum atomic E-state index is 12.3. The SMILES string of the molecule is CC(C)N(CC(=O)O)C(=O)Cc1csc2ccccc12. The van der Waals surface area contributed by atoms with Gasteiger partial charge in [0, 0.05) is 10.7 Å². The highest BCUT2D eigenvalue weighted by atomic mass is 32.1. The molecule has 0 atom stereocenters. The lowest BCUT2D eigenvalue weighted by molar-refractivity contribution is -0.145. The van der Waals surface area contributed by atoms with Crippen LogP contribution < -0.4 is 0 Å². The van der Waals surface area contributed by atoms with Crippen LogP contribution >= 0.6 is 11.3 Å². The highest BCUT2D eigenvalue weighted by Gasteiger charge is 2.20. The molecule has 0 saturated heterocycles. The van der Waals surface area contributed by atoms with E-state index in [4.69, 9.17) is 5.11 Å². The molecule has 1 amide bonds. The van der Waals surface area contributed by atoms with Crippen LogP contribution in [0.4, 0.5) is 0 Å². The van der Waals surface area contributed by atoms with E-state index in [2.05, 4.69) is 0 Å². The number of fused-ring (bicyclic) bond motifs is 1. The molecule has 0 fully saturated rings. The summed E-state index contributed by atoms with van der Waals surface area (Å²) < 4.78 is 1.14. The smallest absolute Gasteiger partial charge is 0.323 e. The molecular weight excluding hydrogens is 274 g/mol. The maximum absolute atomic E-state index is 12.3. The molecule has 0 unspecified atom stereocenters. The van der Waals surface area contributed by atoms with Crippen molar-refractivity contribution in [3.05, 3.63) is 35.2 Å². The monoisotopic (exact) mass is 291 g/mol. The third-order valence-electron chi connectivity index (χ3n) is 3.15. The number of carbonyl (C=O) groups is 2. The van der Waals surface area contributed by atoms with Gasteiger partial charge in [-0.1, -0.05) is 18.2 Å². The molecule has 0 bridgehead atoms. The number of amides is 1. The largest absolute Gasteiger partial charge is 0.480 e. The Balaban J connectivity index is 2.19. The molecule has 1 heterocycles. The summed E-state index contributed by atoms with van der Waals surface area (Å²) >= 11 is 1.60. The molecule has 20 heavy (non-hydrogen) atoms. The fraction of sp³-hybridized carbons (Fsp3) is 0.333. The van der Waals surface area contributed by atoms with E-state index in [1.807, 2.05) is 43.5 Å². The minimum Gasteiger partial charge on any atom is -0.480 e. The van der Waals surface area contributed by atoms with E-state index < -0.39 is 5.97 Å². The molecule has 2 aromatic rings. The van der Waals surface area contributed by atoms with Crippen molar-refractivity contribution in [1.29, 1.82) is 0 Å². The standard InChI is InChI=1S/C15H17NO3S/c1-10(2)16(8-15(18)19)14(17)7-11-9-20-13-6-4-3-5-12(11)13/h3-6,9-10H,7-8H2,1-2H3,(H,18,19). The number of hydrogen-bond acceptors (Lipinski definition) is 3. The van der Waals surface area contributed by atoms with Gasteiger partial charge in [-0.2, -0.15) is 0 Å². The Morgan fingerprint density at radius 1 is 1.30 bits per heavy atom. The van der Waals surface area contributed by atoms with Crippen LogP contribution in [-0.2, 0) is 16.0 Å². The summed E-state index contributed by atoms with van der Waals surface area (Å²) in [4.78, 5) is 24.5. The lowest BCUT2D eigenvalue weighted by atomic mass is 10.1. The second-order valence-corrected chi connectivity index (χ2v) is 5.85. The van der Waals surface area contributed by atoms with Gasteiger partial charge in [-0.15, -0.1) is 11.3 Å². The summed E-state index contributed by atoms with van der Waals surface area (Å²) in [5.41, 5.74) is 0.964. The van der Waals surface area contributed by atoms with Gasteiger partial charge in [0.2, 0.25) is 5.91 Å². The minimum absolute atomic E-state index is 0.122. The zero-order valence-electron chi connectivity index (χ0n) is 11.5. The predicted molar refractivity (Wildman–Crippen MR) is 80.0 cm³/mol. The van der Waals surface area contributed by atoms with E-state index in [-0.39, 0.29) is 24.9 Å². The van der Waals surface area contributed by atoms with Crippen LogP contribution in [0.15, 0.2) is 29.6 Å². The number of hydrogen-bond donors (Lipinski definition) is 1. The van der Waals surface area contributed by atoms with Gasteiger partial charge in [-0.25, -0.2) is 0 Å². The summed E-state index contributed by atoms with van der Waals surface area (Å²) in [7, 11) is 0. The summed E-state index contributed by atoms with van der Waals surface area (Å²) in [6, 6.07) is 7.80. The fourth-order valence-electron chi connectivity index (χ4n) is 2.14. The van der Waals surface area contributed by atoms with Crippen molar-refractivity contribution in [2.45, 2.75) is 26.3 Å². The Morgan fingerprint density at radius 2 is 2.00 bits per heavy atom. The first kappa shape index (κ1) is 14.5. The number of thiophene rings is 1. The van der Waals surface area contributed by atoms with Crippen LogP contribution in [0.25, 0.3) is 10.1 Å². The number of carbonyl (C=O) groups excluding carboxylic acids is 1. The van der Waals surface area contributed by atoms with E-state index >= 15 is 0 Å². The van der Waals surface area contributed by atoms with E-state index in [0.29, 0.717) is 0 Å². The number of nitrogens with zero attached hydrogens (tertiary/aromatic N) is 1. The van der Waals surface area contributed by atoms with Gasteiger partial charge in [-0.05, 0) is 36.2 Å². The Hall–Kier alpha value is -1.88. The van der Waals surface area contributed by atoms with Crippen molar-refractivity contribution in [2.75, 3.05) is 6.54 Å². The molecule has 1 aromatic heterocycles. The van der Waals surface area contributed by atoms with Crippen LogP contribution in [0.2, 0.25) is 0 Å². The second kappa shape index (κ2) is 6.05. The van der Waals surface area contributed by atoms with Crippen LogP contribution in [0, 0.1) is 0 Å². The Kier molecular flexibility index (Phi) is 4.39. The molecule has 0 aliphatic heterocycles. The third kappa shape index (κ3) is 3.17. The van der Waals surface area contributed by atoms with Crippen molar-refractivity contribution in [2.24, 2.45) is 0 Å². The zero-order valence-corrected chi connectivity index (χ0v) is 12.3. The van der Waals surface area contributed by atoms with E-state index in [1.165, 1.54) is 4.90 Å². The molecule has 0 saturated carbocycles. The molecule has 5 heteroatoms. The predicted octanol–water partition coefficient (Wildman–Crippen LogP) is 2.77. The molecule has 0 aliphatic rings. The van der Waals surface area contributed by atoms with Crippen LogP contribution in [0.3, 0.4) is 0 Å². The fourth-order valence-corrected chi connectivity index (χ4v) is 3.10. The Labute approximate surface area is 121 Å². The molecule has 0 radical (unpaired) electrons. The van der Waals surface area contributed by atoms with Gasteiger partial charge in [0.05, 0.1) is 6.42 Å². The van der Waals surface area contributed by atoms with Crippen LogP contribution in [-0.4, -0.2) is 34.5 Å². The lowest BCUT2D eigenvalue weighted by Crippen LogP contribution is -2.41. The summed E-state index contributed by atoms with van der Waals surface area (Å²) in [6.45, 7) is 3.40. The van der Waals surface area contributed by atoms with Crippen LogP contribution in [0.1, 0.15) is 19.4 Å². The number of carboxylic acid groups (broad SMARTS) is 1. The number of benzene rings is 1. The topological polar surface area (TPSA) is 57.6 Å². The van der Waals surface area contributed by atoms with Crippen LogP contribution in [0.5, 0.6) is 0 Å². The molecule has 4 nitrogen and oxygen atoms in total. The maximum Gasteiger partial charge on any atom is 0.323 e. The third-order valence-corrected chi connectivity index (χ3v) is 4.16. The van der Waals surface area contributed by atoms with Crippen molar-refractivity contribution in [3.63, 3.8) is 0 Å². The summed E-state index contributed by atoms with van der Waals surface area (Å²) in [5, 5.41) is 11.9. The van der Waals surface area contributed by atoms with Gasteiger partial charge < -0.3 is 10.0 Å². The lowest BCUT2D eigenvalue weighted by Gasteiger charge is -2.24. The Morgan fingerprint density at radius 3 is 2.65 bits per heavy atom. The first-order chi connectivity index (χ1) is 9.49. The van der Waals surface area contributed by atoms with Crippen molar-refractivity contribution in [3.8, 4) is 0 Å². The number of carboxylic acids is 1. The van der Waals surface area contributed by atoms with Gasteiger partial charge in [0.1, 0.15) is 6.54 Å². The van der Waals surface area contributed by atoms with E-state index in [1.54, 1.807) is 11.3 Å². The zero-order chi connectivity index (χ0) is 14.7. The average Bonchev–Trinajstić information content (AvgIpc) is 2.79. The summed E-state index contributed by atoms with van der Waals surface area (Å²) in [5.74, 6) is -1.13. The van der Waals surface area contributed by atoms with E-state index in [0.717, 1.165) is 15.6 Å². The Bertz CT molecular complexity index is 633. The summed E-state index contributed by atoms with van der Waals surface area (Å²) in [6.07, 6.45) is 0.246.